The van der Waals surface area contributed by atoms with Gasteiger partial charge in [-0.1, -0.05) is 0 Å². The fraction of sp³-hybridized carbons (Fsp3) is 0.417. The van der Waals surface area contributed by atoms with E-state index in [0.717, 1.165) is 0 Å². The van der Waals surface area contributed by atoms with E-state index in [1.165, 1.54) is 22.2 Å². The Balaban J connectivity index is 2.30. The van der Waals surface area contributed by atoms with Crippen molar-refractivity contribution in [3.05, 3.63) is 28.1 Å². The molecule has 2 heterocycles. The van der Waals surface area contributed by atoms with Crippen LogP contribution < -0.4 is 5.56 Å². The summed E-state index contributed by atoms with van der Waals surface area (Å²) in [7, 11) is 1.73. The third-order valence-electron chi connectivity index (χ3n) is 2.91. The van der Waals surface area contributed by atoms with Crippen molar-refractivity contribution in [1.82, 2.24) is 14.5 Å². The average molecular weight is 265 g/mol. The van der Waals surface area contributed by atoms with Crippen molar-refractivity contribution in [3.63, 3.8) is 0 Å². The molecule has 0 unspecified atom stereocenters. The lowest BCUT2D eigenvalue weighted by molar-refractivity contribution is -0.132. The number of rotatable bonds is 3. The standard InChI is InChI=1S/C12H15N3O2S/c1-8(2)14(3)10(16)6-15-7-13-9-4-5-18-11(9)12(15)17/h4-5,7-8H,6H2,1-3H3. The van der Waals surface area contributed by atoms with Crippen LogP contribution in [0.3, 0.4) is 0 Å². The van der Waals surface area contributed by atoms with Crippen LogP contribution in [0.25, 0.3) is 10.2 Å². The van der Waals surface area contributed by atoms with Gasteiger partial charge < -0.3 is 4.90 Å². The van der Waals surface area contributed by atoms with Gasteiger partial charge in [-0.25, -0.2) is 4.98 Å². The second-order valence-electron chi connectivity index (χ2n) is 4.41. The molecule has 0 saturated heterocycles. The molecule has 0 spiro atoms. The predicted octanol–water partition coefficient (Wildman–Crippen LogP) is 1.32. The Labute approximate surface area is 109 Å². The van der Waals surface area contributed by atoms with E-state index < -0.39 is 0 Å². The van der Waals surface area contributed by atoms with Crippen LogP contribution in [-0.2, 0) is 11.3 Å². The van der Waals surface area contributed by atoms with Crippen LogP contribution in [0.2, 0.25) is 0 Å². The van der Waals surface area contributed by atoms with Crippen LogP contribution in [0.4, 0.5) is 0 Å². The zero-order valence-corrected chi connectivity index (χ0v) is 11.4. The van der Waals surface area contributed by atoms with Gasteiger partial charge in [0.25, 0.3) is 5.56 Å². The van der Waals surface area contributed by atoms with Gasteiger partial charge in [0.15, 0.2) is 0 Å². The molecule has 5 nitrogen and oxygen atoms in total. The lowest BCUT2D eigenvalue weighted by atomic mass is 10.3. The Morgan fingerprint density at radius 1 is 1.56 bits per heavy atom. The number of nitrogens with zero attached hydrogens (tertiary/aromatic N) is 3. The normalized spacial score (nSPS) is 11.1. The molecule has 0 saturated carbocycles. The average Bonchev–Trinajstić information content (AvgIpc) is 2.80. The highest BCUT2D eigenvalue weighted by molar-refractivity contribution is 7.17. The van der Waals surface area contributed by atoms with E-state index in [2.05, 4.69) is 4.98 Å². The van der Waals surface area contributed by atoms with Crippen LogP contribution in [-0.4, -0.2) is 33.4 Å². The van der Waals surface area contributed by atoms with Gasteiger partial charge in [-0.05, 0) is 25.3 Å². The van der Waals surface area contributed by atoms with Gasteiger partial charge in [0, 0.05) is 13.1 Å². The molecule has 0 radical (unpaired) electrons. The summed E-state index contributed by atoms with van der Waals surface area (Å²) in [5.74, 6) is -0.0928. The van der Waals surface area contributed by atoms with E-state index in [-0.39, 0.29) is 24.1 Å². The summed E-state index contributed by atoms with van der Waals surface area (Å²) >= 11 is 1.35. The van der Waals surface area contributed by atoms with Crippen molar-refractivity contribution in [2.24, 2.45) is 0 Å². The SMILES string of the molecule is CC(C)N(C)C(=O)Cn1cnc2ccsc2c1=O. The Morgan fingerprint density at radius 3 is 2.94 bits per heavy atom. The maximum Gasteiger partial charge on any atom is 0.271 e. The number of thiophene rings is 1. The molecule has 2 aromatic heterocycles. The maximum atomic E-state index is 12.1. The molecule has 6 heteroatoms. The van der Waals surface area contributed by atoms with Crippen LogP contribution in [0.5, 0.6) is 0 Å². The van der Waals surface area contributed by atoms with Crippen LogP contribution in [0.15, 0.2) is 22.6 Å². The largest absolute Gasteiger partial charge is 0.342 e. The Hall–Kier alpha value is -1.69. The highest BCUT2D eigenvalue weighted by Gasteiger charge is 2.14. The fourth-order valence-corrected chi connectivity index (χ4v) is 2.33. The lowest BCUT2D eigenvalue weighted by Crippen LogP contribution is -2.37. The second-order valence-corrected chi connectivity index (χ2v) is 5.33. The summed E-state index contributed by atoms with van der Waals surface area (Å²) in [4.78, 5) is 29.8. The lowest BCUT2D eigenvalue weighted by Gasteiger charge is -2.21. The summed E-state index contributed by atoms with van der Waals surface area (Å²) < 4.78 is 1.96. The Bertz CT molecular complexity index is 630. The predicted molar refractivity (Wildman–Crippen MR) is 71.8 cm³/mol. The molecule has 0 aliphatic carbocycles. The first-order valence-electron chi connectivity index (χ1n) is 5.69. The first kappa shape index (κ1) is 12.8. The fourth-order valence-electron chi connectivity index (χ4n) is 1.54. The summed E-state index contributed by atoms with van der Waals surface area (Å²) in [6.07, 6.45) is 1.43. The molecule has 0 atom stereocenters. The van der Waals surface area contributed by atoms with Crippen molar-refractivity contribution in [2.45, 2.75) is 26.4 Å². The molecule has 96 valence electrons. The quantitative estimate of drug-likeness (QED) is 0.841. The number of aromatic nitrogens is 2. The van der Waals surface area contributed by atoms with Gasteiger partial charge in [-0.2, -0.15) is 0 Å². The molecular formula is C12H15N3O2S. The van der Waals surface area contributed by atoms with E-state index in [4.69, 9.17) is 0 Å². The van der Waals surface area contributed by atoms with Gasteiger partial charge >= 0.3 is 0 Å². The molecule has 1 amide bonds. The number of carbonyl (C=O) groups is 1. The highest BCUT2D eigenvalue weighted by atomic mass is 32.1. The number of hydrogen-bond donors (Lipinski definition) is 0. The molecule has 0 fully saturated rings. The highest BCUT2D eigenvalue weighted by Crippen LogP contribution is 2.13. The van der Waals surface area contributed by atoms with Gasteiger partial charge in [0.1, 0.15) is 11.2 Å². The van der Waals surface area contributed by atoms with Crippen molar-refractivity contribution >= 4 is 27.5 Å². The van der Waals surface area contributed by atoms with Crippen LogP contribution in [0, 0.1) is 0 Å². The van der Waals surface area contributed by atoms with E-state index in [1.807, 2.05) is 19.2 Å². The molecule has 0 aromatic carbocycles. The number of amides is 1. The first-order valence-corrected chi connectivity index (χ1v) is 6.57. The molecule has 2 aromatic rings. The van der Waals surface area contributed by atoms with E-state index in [1.54, 1.807) is 18.0 Å². The van der Waals surface area contributed by atoms with E-state index in [0.29, 0.717) is 10.2 Å². The van der Waals surface area contributed by atoms with E-state index >= 15 is 0 Å². The first-order chi connectivity index (χ1) is 8.50. The summed E-state index contributed by atoms with van der Waals surface area (Å²) in [5, 5.41) is 1.82. The smallest absolute Gasteiger partial charge is 0.271 e. The minimum atomic E-state index is -0.152. The summed E-state index contributed by atoms with van der Waals surface area (Å²) in [6.45, 7) is 3.90. The molecule has 0 aliphatic heterocycles. The summed E-state index contributed by atoms with van der Waals surface area (Å²) in [6, 6.07) is 1.92. The van der Waals surface area contributed by atoms with E-state index in [9.17, 15) is 9.59 Å². The third-order valence-corrected chi connectivity index (χ3v) is 3.80. The number of hydrogen-bond acceptors (Lipinski definition) is 4. The topological polar surface area (TPSA) is 55.2 Å². The molecule has 0 aliphatic rings. The zero-order chi connectivity index (χ0) is 13.3. The van der Waals surface area contributed by atoms with Crippen LogP contribution >= 0.6 is 11.3 Å². The maximum absolute atomic E-state index is 12.1. The molecule has 0 bridgehead atoms. The number of fused-ring (bicyclic) bond motifs is 1. The van der Waals surface area contributed by atoms with Crippen molar-refractivity contribution in [2.75, 3.05) is 7.05 Å². The van der Waals surface area contributed by atoms with Gasteiger partial charge in [-0.15, -0.1) is 11.3 Å². The minimum Gasteiger partial charge on any atom is -0.342 e. The number of likely N-dealkylation sites (N-methyl/N-ethyl adjacent to an activating group) is 1. The molecule has 2 rings (SSSR count). The molecule has 0 N–H and O–H groups in total. The monoisotopic (exact) mass is 265 g/mol. The molecular weight excluding hydrogens is 250 g/mol. The zero-order valence-electron chi connectivity index (χ0n) is 10.6. The van der Waals surface area contributed by atoms with Crippen molar-refractivity contribution < 1.29 is 4.79 Å². The van der Waals surface area contributed by atoms with Gasteiger partial charge in [0.05, 0.1) is 11.8 Å². The van der Waals surface area contributed by atoms with Crippen molar-refractivity contribution in [1.29, 1.82) is 0 Å². The van der Waals surface area contributed by atoms with Crippen LogP contribution in [0.1, 0.15) is 13.8 Å². The Morgan fingerprint density at radius 2 is 2.28 bits per heavy atom. The molecule has 18 heavy (non-hydrogen) atoms. The minimum absolute atomic E-state index is 0.0361. The number of carbonyl (C=O) groups excluding carboxylic acids is 1. The van der Waals surface area contributed by atoms with Gasteiger partial charge in [-0.3, -0.25) is 14.2 Å². The van der Waals surface area contributed by atoms with Gasteiger partial charge in [0.2, 0.25) is 5.91 Å². The Kier molecular flexibility index (Phi) is 3.47. The third kappa shape index (κ3) is 2.28. The summed E-state index contributed by atoms with van der Waals surface area (Å²) in [5.41, 5.74) is 0.534. The van der Waals surface area contributed by atoms with Crippen molar-refractivity contribution in [3.8, 4) is 0 Å². The second kappa shape index (κ2) is 4.89.